The largest absolute Gasteiger partial charge is 0.479 e. The highest BCUT2D eigenvalue weighted by Gasteiger charge is 2.10. The van der Waals surface area contributed by atoms with Crippen molar-refractivity contribution in [3.05, 3.63) is 29.8 Å². The second-order valence-electron chi connectivity index (χ2n) is 4.42. The zero-order chi connectivity index (χ0) is 13.4. The van der Waals surface area contributed by atoms with Crippen LogP contribution in [0.4, 0.5) is 0 Å². The summed E-state index contributed by atoms with van der Waals surface area (Å²) in [6.07, 6.45) is 0. The van der Waals surface area contributed by atoms with Crippen LogP contribution in [0.25, 0.3) is 0 Å². The van der Waals surface area contributed by atoms with Crippen molar-refractivity contribution in [2.45, 2.75) is 26.4 Å². The van der Waals surface area contributed by atoms with Gasteiger partial charge < -0.3 is 15.2 Å². The summed E-state index contributed by atoms with van der Waals surface area (Å²) in [4.78, 5) is 0. The first-order valence-corrected chi connectivity index (χ1v) is 6.10. The van der Waals surface area contributed by atoms with Crippen molar-refractivity contribution < 1.29 is 9.84 Å². The SMILES string of the molecule is CC(CO)C(C)NCc1cccc(OCC#N)c1. The van der Waals surface area contributed by atoms with Crippen molar-refractivity contribution in [3.8, 4) is 11.8 Å². The van der Waals surface area contributed by atoms with E-state index in [0.29, 0.717) is 5.75 Å². The summed E-state index contributed by atoms with van der Waals surface area (Å²) in [5, 5.41) is 20.9. The molecule has 0 fully saturated rings. The number of hydrogen-bond donors (Lipinski definition) is 2. The van der Waals surface area contributed by atoms with Crippen LogP contribution in [0, 0.1) is 17.2 Å². The third-order valence-electron chi connectivity index (χ3n) is 2.97. The van der Waals surface area contributed by atoms with Gasteiger partial charge in [0, 0.05) is 19.2 Å². The molecule has 0 saturated heterocycles. The zero-order valence-corrected chi connectivity index (χ0v) is 10.9. The molecule has 4 heteroatoms. The molecule has 0 aliphatic carbocycles. The normalized spacial score (nSPS) is 13.7. The molecular formula is C14H20N2O2. The van der Waals surface area contributed by atoms with Gasteiger partial charge in [-0.3, -0.25) is 0 Å². The average molecular weight is 248 g/mol. The van der Waals surface area contributed by atoms with Crippen molar-refractivity contribution in [1.29, 1.82) is 5.26 Å². The molecule has 2 atom stereocenters. The Kier molecular flexibility index (Phi) is 6.20. The van der Waals surface area contributed by atoms with Crippen LogP contribution in [0.3, 0.4) is 0 Å². The molecule has 0 radical (unpaired) electrons. The lowest BCUT2D eigenvalue weighted by atomic mass is 10.0. The second kappa shape index (κ2) is 7.70. The summed E-state index contributed by atoms with van der Waals surface area (Å²) in [6.45, 7) is 5.02. The van der Waals surface area contributed by atoms with Gasteiger partial charge in [0.15, 0.2) is 6.61 Å². The first-order chi connectivity index (χ1) is 8.67. The lowest BCUT2D eigenvalue weighted by Crippen LogP contribution is -2.33. The fourth-order valence-corrected chi connectivity index (χ4v) is 1.50. The molecule has 0 aliphatic rings. The summed E-state index contributed by atoms with van der Waals surface area (Å²) in [5.41, 5.74) is 1.10. The fraction of sp³-hybridized carbons (Fsp3) is 0.500. The standard InChI is InChI=1S/C14H20N2O2/c1-11(10-17)12(2)16-9-13-4-3-5-14(8-13)18-7-6-15/h3-5,8,11-12,16-17H,7,9-10H2,1-2H3. The molecule has 1 rings (SSSR count). The minimum absolute atomic E-state index is 0.0643. The Morgan fingerprint density at radius 1 is 1.44 bits per heavy atom. The predicted molar refractivity (Wildman–Crippen MR) is 70.1 cm³/mol. The van der Waals surface area contributed by atoms with Crippen molar-refractivity contribution in [1.82, 2.24) is 5.32 Å². The van der Waals surface area contributed by atoms with Gasteiger partial charge in [0.05, 0.1) is 0 Å². The molecule has 4 nitrogen and oxygen atoms in total. The van der Waals surface area contributed by atoms with Gasteiger partial charge in [0.1, 0.15) is 11.8 Å². The van der Waals surface area contributed by atoms with Crippen LogP contribution < -0.4 is 10.1 Å². The zero-order valence-electron chi connectivity index (χ0n) is 10.9. The average Bonchev–Trinajstić information content (AvgIpc) is 2.42. The molecule has 18 heavy (non-hydrogen) atoms. The fourth-order valence-electron chi connectivity index (χ4n) is 1.50. The molecule has 0 saturated carbocycles. The maximum Gasteiger partial charge on any atom is 0.174 e. The van der Waals surface area contributed by atoms with Crippen molar-refractivity contribution >= 4 is 0 Å². The van der Waals surface area contributed by atoms with Crippen LogP contribution in [0.2, 0.25) is 0 Å². The number of nitrogens with zero attached hydrogens (tertiary/aromatic N) is 1. The van der Waals surface area contributed by atoms with Crippen LogP contribution in [-0.4, -0.2) is 24.4 Å². The van der Waals surface area contributed by atoms with E-state index in [1.165, 1.54) is 0 Å². The smallest absolute Gasteiger partial charge is 0.174 e. The molecule has 0 aromatic heterocycles. The Morgan fingerprint density at radius 2 is 2.22 bits per heavy atom. The molecule has 1 aromatic carbocycles. The maximum absolute atomic E-state index is 9.05. The summed E-state index contributed by atoms with van der Waals surface area (Å²) >= 11 is 0. The third-order valence-corrected chi connectivity index (χ3v) is 2.97. The second-order valence-corrected chi connectivity index (χ2v) is 4.42. The number of nitriles is 1. The van der Waals surface area contributed by atoms with E-state index in [4.69, 9.17) is 15.1 Å². The molecule has 0 bridgehead atoms. The van der Waals surface area contributed by atoms with Gasteiger partial charge in [-0.05, 0) is 30.5 Å². The molecule has 0 spiro atoms. The Bertz CT molecular complexity index is 401. The van der Waals surface area contributed by atoms with Crippen molar-refractivity contribution in [3.63, 3.8) is 0 Å². The van der Waals surface area contributed by atoms with Crippen molar-refractivity contribution in [2.75, 3.05) is 13.2 Å². The first kappa shape index (κ1) is 14.5. The van der Waals surface area contributed by atoms with Gasteiger partial charge in [-0.25, -0.2) is 0 Å². The number of rotatable bonds is 7. The van der Waals surface area contributed by atoms with Crippen LogP contribution in [0.1, 0.15) is 19.4 Å². The van der Waals surface area contributed by atoms with Gasteiger partial charge >= 0.3 is 0 Å². The first-order valence-electron chi connectivity index (χ1n) is 6.10. The predicted octanol–water partition coefficient (Wildman–Crippen LogP) is 1.70. The lowest BCUT2D eigenvalue weighted by molar-refractivity contribution is 0.207. The van der Waals surface area contributed by atoms with Crippen LogP contribution >= 0.6 is 0 Å². The Hall–Kier alpha value is -1.57. The molecule has 0 aliphatic heterocycles. The van der Waals surface area contributed by atoms with Gasteiger partial charge in [-0.1, -0.05) is 19.1 Å². The quantitative estimate of drug-likeness (QED) is 0.770. The van der Waals surface area contributed by atoms with E-state index < -0.39 is 0 Å². The van der Waals surface area contributed by atoms with E-state index in [9.17, 15) is 0 Å². The number of aliphatic hydroxyl groups is 1. The molecule has 2 unspecified atom stereocenters. The van der Waals surface area contributed by atoms with E-state index in [0.717, 1.165) is 12.1 Å². The minimum Gasteiger partial charge on any atom is -0.479 e. The van der Waals surface area contributed by atoms with Crippen LogP contribution in [-0.2, 0) is 6.54 Å². The molecular weight excluding hydrogens is 228 g/mol. The Morgan fingerprint density at radius 3 is 2.89 bits per heavy atom. The lowest BCUT2D eigenvalue weighted by Gasteiger charge is -2.19. The molecule has 98 valence electrons. The highest BCUT2D eigenvalue weighted by atomic mass is 16.5. The monoisotopic (exact) mass is 248 g/mol. The molecule has 0 amide bonds. The van der Waals surface area contributed by atoms with Gasteiger partial charge in [0.2, 0.25) is 0 Å². The van der Waals surface area contributed by atoms with Gasteiger partial charge in [0.25, 0.3) is 0 Å². The van der Waals surface area contributed by atoms with Crippen molar-refractivity contribution in [2.24, 2.45) is 5.92 Å². The summed E-state index contributed by atoms with van der Waals surface area (Å²) < 4.78 is 5.24. The van der Waals surface area contributed by atoms with Gasteiger partial charge in [-0.2, -0.15) is 5.26 Å². The molecule has 2 N–H and O–H groups in total. The van der Waals surface area contributed by atoms with E-state index in [1.54, 1.807) is 0 Å². The van der Waals surface area contributed by atoms with Gasteiger partial charge in [-0.15, -0.1) is 0 Å². The summed E-state index contributed by atoms with van der Waals surface area (Å²) in [7, 11) is 0. The Labute approximate surface area is 108 Å². The van der Waals surface area contributed by atoms with E-state index in [1.807, 2.05) is 37.3 Å². The highest BCUT2D eigenvalue weighted by Crippen LogP contribution is 2.13. The topological polar surface area (TPSA) is 65.3 Å². The number of nitrogens with one attached hydrogen (secondary N) is 1. The maximum atomic E-state index is 9.05. The number of ether oxygens (including phenoxy) is 1. The number of benzene rings is 1. The van der Waals surface area contributed by atoms with E-state index in [-0.39, 0.29) is 25.2 Å². The third kappa shape index (κ3) is 4.74. The highest BCUT2D eigenvalue weighted by molar-refractivity contribution is 5.28. The minimum atomic E-state index is 0.0643. The Balaban J connectivity index is 2.49. The summed E-state index contributed by atoms with van der Waals surface area (Å²) in [6, 6.07) is 9.85. The van der Waals surface area contributed by atoms with E-state index >= 15 is 0 Å². The van der Waals surface area contributed by atoms with Crippen LogP contribution in [0.5, 0.6) is 5.75 Å². The number of hydrogen-bond acceptors (Lipinski definition) is 4. The summed E-state index contributed by atoms with van der Waals surface area (Å²) in [5.74, 6) is 0.932. The number of aliphatic hydroxyl groups excluding tert-OH is 1. The van der Waals surface area contributed by atoms with E-state index in [2.05, 4.69) is 12.2 Å². The molecule has 0 heterocycles. The molecule has 1 aromatic rings. The van der Waals surface area contributed by atoms with Crippen LogP contribution in [0.15, 0.2) is 24.3 Å².